The summed E-state index contributed by atoms with van der Waals surface area (Å²) in [5.41, 5.74) is 0.907. The Bertz CT molecular complexity index is 583. The summed E-state index contributed by atoms with van der Waals surface area (Å²) in [5, 5.41) is 4.69. The lowest BCUT2D eigenvalue weighted by molar-refractivity contribution is 0.410. The summed E-state index contributed by atoms with van der Waals surface area (Å²) in [4.78, 5) is 4.38. The fourth-order valence-corrected chi connectivity index (χ4v) is 2.51. The summed E-state index contributed by atoms with van der Waals surface area (Å²) < 4.78 is 5.25. The van der Waals surface area contributed by atoms with Crippen LogP contribution < -0.4 is 0 Å². The molecule has 1 aromatic carbocycles. The van der Waals surface area contributed by atoms with Crippen LogP contribution >= 0.6 is 11.6 Å². The molecule has 2 aromatic rings. The fraction of sp³-hybridized carbons (Fsp3) is 0.312. The van der Waals surface area contributed by atoms with Crippen molar-refractivity contribution in [3.63, 3.8) is 0 Å². The lowest BCUT2D eigenvalue weighted by Gasteiger charge is -2.16. The smallest absolute Gasteiger partial charge is 0.250 e. The molecule has 1 heterocycles. The number of halogens is 1. The summed E-state index contributed by atoms with van der Waals surface area (Å²) >= 11 is 5.86. The third-order valence-corrected chi connectivity index (χ3v) is 3.79. The van der Waals surface area contributed by atoms with E-state index in [1.54, 1.807) is 0 Å². The average Bonchev–Trinajstić information content (AvgIpc) is 2.96. The van der Waals surface area contributed by atoms with E-state index in [0.717, 1.165) is 5.56 Å². The van der Waals surface area contributed by atoms with E-state index in [0.29, 0.717) is 22.7 Å². The highest BCUT2D eigenvalue weighted by molar-refractivity contribution is 6.30. The largest absolute Gasteiger partial charge is 0.334 e. The molecule has 1 aliphatic carbocycles. The highest BCUT2D eigenvalue weighted by Gasteiger charge is 2.11. The monoisotopic (exact) mass is 287 g/mol. The maximum absolute atomic E-state index is 5.86. The summed E-state index contributed by atoms with van der Waals surface area (Å²) in [6.07, 6.45) is 11.3. The van der Waals surface area contributed by atoms with E-state index in [1.807, 2.05) is 30.3 Å². The Morgan fingerprint density at radius 2 is 1.90 bits per heavy atom. The number of benzene rings is 1. The van der Waals surface area contributed by atoms with Gasteiger partial charge in [-0.3, -0.25) is 0 Å². The van der Waals surface area contributed by atoms with Gasteiger partial charge in [0.05, 0.1) is 0 Å². The molecule has 1 saturated carbocycles. The summed E-state index contributed by atoms with van der Waals surface area (Å²) in [6, 6.07) is 7.41. The Morgan fingerprint density at radius 3 is 2.65 bits per heavy atom. The molecule has 1 radical (unpaired) electrons. The number of hydrogen-bond acceptors (Lipinski definition) is 3. The van der Waals surface area contributed by atoms with Crippen LogP contribution in [-0.2, 0) is 0 Å². The second-order valence-electron chi connectivity index (χ2n) is 5.03. The minimum absolute atomic E-state index is 0.560. The lowest BCUT2D eigenvalue weighted by atomic mass is 9.89. The average molecular weight is 288 g/mol. The number of allylic oxidation sites excluding steroid dienone is 1. The van der Waals surface area contributed by atoms with E-state index < -0.39 is 0 Å². The van der Waals surface area contributed by atoms with Crippen molar-refractivity contribution < 1.29 is 4.52 Å². The van der Waals surface area contributed by atoms with Crippen molar-refractivity contribution in [3.05, 3.63) is 47.7 Å². The first-order valence-corrected chi connectivity index (χ1v) is 7.28. The molecule has 0 aliphatic heterocycles. The third kappa shape index (κ3) is 3.28. The molecule has 20 heavy (non-hydrogen) atoms. The second-order valence-corrected chi connectivity index (χ2v) is 5.46. The molecule has 1 fully saturated rings. The number of hydrogen-bond donors (Lipinski definition) is 0. The van der Waals surface area contributed by atoms with Gasteiger partial charge in [0.1, 0.15) is 0 Å². The second kappa shape index (κ2) is 6.23. The van der Waals surface area contributed by atoms with Gasteiger partial charge in [-0.15, -0.1) is 0 Å². The molecule has 0 unspecified atom stereocenters. The Hall–Kier alpha value is -1.61. The molecule has 0 bridgehead atoms. The van der Waals surface area contributed by atoms with Crippen LogP contribution in [0.15, 0.2) is 34.9 Å². The van der Waals surface area contributed by atoms with Crippen LogP contribution in [0.2, 0.25) is 5.02 Å². The van der Waals surface area contributed by atoms with Crippen molar-refractivity contribution >= 4 is 17.7 Å². The molecule has 3 nitrogen and oxygen atoms in total. The molecule has 0 amide bonds. The predicted molar refractivity (Wildman–Crippen MR) is 80.0 cm³/mol. The zero-order chi connectivity index (χ0) is 13.8. The number of aromatic nitrogens is 2. The zero-order valence-electron chi connectivity index (χ0n) is 11.1. The van der Waals surface area contributed by atoms with E-state index in [-0.39, 0.29) is 0 Å². The van der Waals surface area contributed by atoms with Crippen molar-refractivity contribution in [2.75, 3.05) is 0 Å². The Morgan fingerprint density at radius 1 is 1.15 bits per heavy atom. The van der Waals surface area contributed by atoms with Crippen molar-refractivity contribution in [2.45, 2.75) is 25.7 Å². The van der Waals surface area contributed by atoms with Crippen LogP contribution in [0.1, 0.15) is 31.6 Å². The zero-order valence-corrected chi connectivity index (χ0v) is 11.9. The Labute approximate surface area is 123 Å². The molecule has 0 spiro atoms. The topological polar surface area (TPSA) is 38.9 Å². The standard InChI is InChI=1S/C16H16ClN2O/c17-14-9-7-13(8-10-14)16-18-15(20-19-16)11-6-12-4-2-1-3-5-12/h1,6-12H,2-5H2. The minimum Gasteiger partial charge on any atom is -0.334 e. The van der Waals surface area contributed by atoms with Crippen LogP contribution in [0.5, 0.6) is 0 Å². The van der Waals surface area contributed by atoms with E-state index in [9.17, 15) is 0 Å². The molecule has 1 aliphatic rings. The van der Waals surface area contributed by atoms with Crippen molar-refractivity contribution in [1.29, 1.82) is 0 Å². The molecule has 3 rings (SSSR count). The Balaban J connectivity index is 1.70. The van der Waals surface area contributed by atoms with Crippen LogP contribution in [0.3, 0.4) is 0 Å². The van der Waals surface area contributed by atoms with Crippen LogP contribution in [0, 0.1) is 12.3 Å². The van der Waals surface area contributed by atoms with Gasteiger partial charge < -0.3 is 4.52 Å². The van der Waals surface area contributed by atoms with E-state index in [1.165, 1.54) is 25.7 Å². The van der Waals surface area contributed by atoms with Crippen LogP contribution in [0.25, 0.3) is 17.5 Å². The van der Waals surface area contributed by atoms with Gasteiger partial charge >= 0.3 is 0 Å². The lowest BCUT2D eigenvalue weighted by Crippen LogP contribution is -2.02. The SMILES string of the molecule is Clc1ccc(-c2noc(C=CC3CC[CH]CC3)n2)cc1. The van der Waals surface area contributed by atoms with E-state index in [2.05, 4.69) is 22.6 Å². The molecule has 4 heteroatoms. The molecular weight excluding hydrogens is 272 g/mol. The number of rotatable bonds is 3. The van der Waals surface area contributed by atoms with Gasteiger partial charge in [0.2, 0.25) is 5.82 Å². The van der Waals surface area contributed by atoms with Gasteiger partial charge in [0.25, 0.3) is 5.89 Å². The summed E-state index contributed by atoms with van der Waals surface area (Å²) in [6.45, 7) is 0. The predicted octanol–water partition coefficient (Wildman–Crippen LogP) is 4.80. The van der Waals surface area contributed by atoms with Crippen LogP contribution in [-0.4, -0.2) is 10.1 Å². The molecular formula is C16H16ClN2O. The highest BCUT2D eigenvalue weighted by atomic mass is 35.5. The molecule has 0 atom stereocenters. The number of nitrogens with zero attached hydrogens (tertiary/aromatic N) is 2. The third-order valence-electron chi connectivity index (χ3n) is 3.54. The Kier molecular flexibility index (Phi) is 4.16. The van der Waals surface area contributed by atoms with Crippen molar-refractivity contribution in [1.82, 2.24) is 10.1 Å². The van der Waals surface area contributed by atoms with Crippen LogP contribution in [0.4, 0.5) is 0 Å². The van der Waals surface area contributed by atoms with E-state index >= 15 is 0 Å². The molecule has 103 valence electrons. The molecule has 0 saturated heterocycles. The van der Waals surface area contributed by atoms with Crippen molar-refractivity contribution in [2.24, 2.45) is 5.92 Å². The van der Waals surface area contributed by atoms with Gasteiger partial charge in [-0.05, 0) is 68.4 Å². The van der Waals surface area contributed by atoms with E-state index in [4.69, 9.17) is 16.1 Å². The highest BCUT2D eigenvalue weighted by Crippen LogP contribution is 2.25. The summed E-state index contributed by atoms with van der Waals surface area (Å²) in [7, 11) is 0. The first-order valence-electron chi connectivity index (χ1n) is 6.91. The normalized spacial score (nSPS) is 16.9. The maximum atomic E-state index is 5.86. The minimum atomic E-state index is 0.560. The van der Waals surface area contributed by atoms with Gasteiger partial charge in [0.15, 0.2) is 0 Å². The van der Waals surface area contributed by atoms with Crippen molar-refractivity contribution in [3.8, 4) is 11.4 Å². The quantitative estimate of drug-likeness (QED) is 0.814. The van der Waals surface area contributed by atoms with Gasteiger partial charge in [0, 0.05) is 10.6 Å². The van der Waals surface area contributed by atoms with Gasteiger partial charge in [-0.1, -0.05) is 22.8 Å². The molecule has 1 aromatic heterocycles. The molecule has 0 N–H and O–H groups in total. The maximum Gasteiger partial charge on any atom is 0.250 e. The van der Waals surface area contributed by atoms with Gasteiger partial charge in [-0.25, -0.2) is 0 Å². The first-order chi connectivity index (χ1) is 9.81. The first kappa shape index (κ1) is 13.4. The fourth-order valence-electron chi connectivity index (χ4n) is 2.38. The summed E-state index contributed by atoms with van der Waals surface area (Å²) in [5.74, 6) is 1.79. The van der Waals surface area contributed by atoms with Gasteiger partial charge in [-0.2, -0.15) is 4.98 Å².